The molecule has 7 heteroatoms. The summed E-state index contributed by atoms with van der Waals surface area (Å²) >= 11 is 0. The fourth-order valence-corrected chi connectivity index (χ4v) is 5.07. The topological polar surface area (TPSA) is 69.3 Å². The minimum Gasteiger partial charge on any atom is -0.354 e. The largest absolute Gasteiger partial charge is 0.354 e. The monoisotopic (exact) mass is 484 g/mol. The molecule has 0 saturated heterocycles. The Bertz CT molecular complexity index is 1360. The van der Waals surface area contributed by atoms with Crippen molar-refractivity contribution in [1.29, 1.82) is 0 Å². The average molecular weight is 485 g/mol. The molecule has 0 atom stereocenters. The molecule has 2 aliphatic heterocycles. The molecular formula is C29H29FN4O2. The molecule has 4 heterocycles. The van der Waals surface area contributed by atoms with E-state index in [2.05, 4.69) is 22.1 Å². The van der Waals surface area contributed by atoms with E-state index in [1.165, 1.54) is 17.7 Å². The molecule has 0 spiro atoms. The van der Waals surface area contributed by atoms with Crippen LogP contribution in [0.25, 0.3) is 33.5 Å². The van der Waals surface area contributed by atoms with Gasteiger partial charge in [0.1, 0.15) is 5.82 Å². The second kappa shape index (κ2) is 9.93. The third kappa shape index (κ3) is 4.61. The Morgan fingerprint density at radius 2 is 1.36 bits per heavy atom. The molecule has 6 nitrogen and oxygen atoms in total. The molecule has 0 radical (unpaired) electrons. The number of nitrogens with zero attached hydrogens (tertiary/aromatic N) is 3. The first-order valence-corrected chi connectivity index (χ1v) is 12.2. The molecule has 3 aromatic rings. The van der Waals surface area contributed by atoms with Crippen molar-refractivity contribution in [3.8, 4) is 22.4 Å². The Morgan fingerprint density at radius 3 is 1.89 bits per heavy atom. The summed E-state index contributed by atoms with van der Waals surface area (Å²) in [6, 6.07) is 10.5. The van der Waals surface area contributed by atoms with Crippen molar-refractivity contribution in [1.82, 2.24) is 19.8 Å². The molecule has 0 aliphatic carbocycles. The molecule has 0 fully saturated rings. The van der Waals surface area contributed by atoms with Gasteiger partial charge in [0.05, 0.1) is 5.69 Å². The van der Waals surface area contributed by atoms with E-state index in [4.69, 9.17) is 0 Å². The minimum atomic E-state index is -0.283. The number of H-pyrrole nitrogens is 1. The average Bonchev–Trinajstić information content (AvgIpc) is 3.30. The van der Waals surface area contributed by atoms with Gasteiger partial charge in [0.2, 0.25) is 11.8 Å². The van der Waals surface area contributed by atoms with Crippen LogP contribution in [0.4, 0.5) is 4.39 Å². The fraction of sp³-hybridized carbons (Fsp3) is 0.276. The van der Waals surface area contributed by atoms with Crippen LogP contribution < -0.4 is 0 Å². The van der Waals surface area contributed by atoms with Crippen molar-refractivity contribution in [2.45, 2.75) is 26.7 Å². The van der Waals surface area contributed by atoms with Crippen LogP contribution in [0, 0.1) is 5.82 Å². The maximum atomic E-state index is 13.8. The Labute approximate surface area is 210 Å². The zero-order valence-corrected chi connectivity index (χ0v) is 20.6. The Morgan fingerprint density at radius 1 is 0.778 bits per heavy atom. The predicted molar refractivity (Wildman–Crippen MR) is 139 cm³/mol. The number of aromatic amines is 1. The van der Waals surface area contributed by atoms with Gasteiger partial charge in [-0.1, -0.05) is 12.2 Å². The smallest absolute Gasteiger partial charge is 0.219 e. The van der Waals surface area contributed by atoms with Gasteiger partial charge in [-0.15, -0.1) is 0 Å². The van der Waals surface area contributed by atoms with Crippen molar-refractivity contribution < 1.29 is 14.0 Å². The van der Waals surface area contributed by atoms with E-state index in [1.807, 2.05) is 21.9 Å². The van der Waals surface area contributed by atoms with Crippen molar-refractivity contribution in [3.05, 3.63) is 78.0 Å². The van der Waals surface area contributed by atoms with E-state index in [-0.39, 0.29) is 17.6 Å². The SMILES string of the molecule is CC(=O)N1CC=C(c2[nH]c(-c3ccc(F)cc3)c(-c3ccncc3)c2C2=CCN(C(C)=O)CC2)CC1. The molecule has 2 aliphatic rings. The van der Waals surface area contributed by atoms with Gasteiger partial charge in [-0.25, -0.2) is 4.39 Å². The number of carbonyl (C=O) groups is 2. The molecule has 0 saturated carbocycles. The number of nitrogens with one attached hydrogen (secondary N) is 1. The Hall–Kier alpha value is -4.00. The first-order valence-electron chi connectivity index (χ1n) is 12.2. The van der Waals surface area contributed by atoms with Crippen LogP contribution in [0.1, 0.15) is 37.9 Å². The standard InChI is InChI=1S/C29H29FN4O2/c1-19(35)33-15-9-22(10-16-33)27-26(21-7-13-31-14-8-21)28(23-3-5-25(30)6-4-23)32-29(27)24-11-17-34(18-12-24)20(2)36/h3-9,11,13-14,32H,10,12,15-18H2,1-2H3. The van der Waals surface area contributed by atoms with E-state index in [0.717, 1.165) is 52.1 Å². The number of pyridine rings is 1. The molecule has 0 bridgehead atoms. The highest BCUT2D eigenvalue weighted by Crippen LogP contribution is 2.44. The molecule has 1 N–H and O–H groups in total. The van der Waals surface area contributed by atoms with Gasteiger partial charge in [-0.05, 0) is 71.5 Å². The zero-order chi connectivity index (χ0) is 25.2. The number of benzene rings is 1. The maximum Gasteiger partial charge on any atom is 0.219 e. The second-order valence-corrected chi connectivity index (χ2v) is 9.26. The molecule has 1 aromatic carbocycles. The molecule has 2 aromatic heterocycles. The van der Waals surface area contributed by atoms with Crippen LogP contribution in [-0.2, 0) is 9.59 Å². The van der Waals surface area contributed by atoms with Gasteiger partial charge in [-0.2, -0.15) is 0 Å². The first-order chi connectivity index (χ1) is 17.4. The van der Waals surface area contributed by atoms with E-state index < -0.39 is 0 Å². The third-order valence-electron chi connectivity index (χ3n) is 7.05. The lowest BCUT2D eigenvalue weighted by Gasteiger charge is -2.28. The number of rotatable bonds is 4. The molecule has 2 amide bonds. The molecule has 184 valence electrons. The lowest BCUT2D eigenvalue weighted by Crippen LogP contribution is -2.33. The van der Waals surface area contributed by atoms with E-state index in [1.54, 1.807) is 38.4 Å². The van der Waals surface area contributed by atoms with E-state index >= 15 is 0 Å². The molecule has 5 rings (SSSR count). The second-order valence-electron chi connectivity index (χ2n) is 9.26. The highest BCUT2D eigenvalue weighted by molar-refractivity contribution is 5.97. The van der Waals surface area contributed by atoms with Crippen LogP contribution in [-0.4, -0.2) is 57.8 Å². The highest BCUT2D eigenvalue weighted by Gasteiger charge is 2.28. The summed E-state index contributed by atoms with van der Waals surface area (Å²) in [6.07, 6.45) is 9.28. The van der Waals surface area contributed by atoms with Gasteiger partial charge >= 0.3 is 0 Å². The van der Waals surface area contributed by atoms with E-state index in [0.29, 0.717) is 26.2 Å². The van der Waals surface area contributed by atoms with E-state index in [9.17, 15) is 14.0 Å². The summed E-state index contributed by atoms with van der Waals surface area (Å²) in [5.74, 6) is -0.143. The van der Waals surface area contributed by atoms with Gasteiger partial charge < -0.3 is 14.8 Å². The number of amides is 2. The highest BCUT2D eigenvalue weighted by atomic mass is 19.1. The minimum absolute atomic E-state index is 0.0697. The zero-order valence-electron chi connectivity index (χ0n) is 20.6. The van der Waals surface area contributed by atoms with Crippen LogP contribution >= 0.6 is 0 Å². The van der Waals surface area contributed by atoms with Crippen molar-refractivity contribution in [2.24, 2.45) is 0 Å². The predicted octanol–water partition coefficient (Wildman–Crippen LogP) is 5.15. The summed E-state index contributed by atoms with van der Waals surface area (Å²) in [7, 11) is 0. The maximum absolute atomic E-state index is 13.8. The third-order valence-corrected chi connectivity index (χ3v) is 7.05. The number of halogens is 1. The fourth-order valence-electron chi connectivity index (χ4n) is 5.07. The van der Waals surface area contributed by atoms with Crippen LogP contribution in [0.3, 0.4) is 0 Å². The van der Waals surface area contributed by atoms with Gasteiger partial charge in [0.25, 0.3) is 0 Å². The van der Waals surface area contributed by atoms with Crippen molar-refractivity contribution in [3.63, 3.8) is 0 Å². The van der Waals surface area contributed by atoms with Crippen LogP contribution in [0.2, 0.25) is 0 Å². The van der Waals surface area contributed by atoms with Crippen LogP contribution in [0.15, 0.2) is 60.9 Å². The number of aromatic nitrogens is 2. The van der Waals surface area contributed by atoms with Crippen LogP contribution in [0.5, 0.6) is 0 Å². The quantitative estimate of drug-likeness (QED) is 0.557. The molecule has 0 unspecified atom stereocenters. The summed E-state index contributed by atoms with van der Waals surface area (Å²) in [5, 5.41) is 0. The number of hydrogen-bond acceptors (Lipinski definition) is 3. The lowest BCUT2D eigenvalue weighted by atomic mass is 9.88. The Balaban J connectivity index is 1.72. The summed E-state index contributed by atoms with van der Waals surface area (Å²) in [5.41, 5.74) is 8.30. The van der Waals surface area contributed by atoms with Gasteiger partial charge in [0.15, 0.2) is 0 Å². The summed E-state index contributed by atoms with van der Waals surface area (Å²) in [6.45, 7) is 5.65. The molecular weight excluding hydrogens is 455 g/mol. The molecule has 36 heavy (non-hydrogen) atoms. The summed E-state index contributed by atoms with van der Waals surface area (Å²) < 4.78 is 13.8. The number of hydrogen-bond donors (Lipinski definition) is 1. The van der Waals surface area contributed by atoms with Crippen molar-refractivity contribution >= 4 is 23.0 Å². The summed E-state index contributed by atoms with van der Waals surface area (Å²) in [4.78, 5) is 35.4. The van der Waals surface area contributed by atoms with Crippen molar-refractivity contribution in [2.75, 3.05) is 26.2 Å². The Kier molecular flexibility index (Phi) is 6.55. The van der Waals surface area contributed by atoms with Gasteiger partial charge in [0, 0.05) is 69.2 Å². The first kappa shape index (κ1) is 23.7. The normalized spacial score (nSPS) is 16.0. The van der Waals surface area contributed by atoms with Gasteiger partial charge in [-0.3, -0.25) is 14.6 Å². The number of carbonyl (C=O) groups excluding carboxylic acids is 2. The lowest BCUT2D eigenvalue weighted by molar-refractivity contribution is -0.129.